The fraction of sp³-hybridized carbons (Fsp3) is 0.476. The molecule has 1 saturated heterocycles. The van der Waals surface area contributed by atoms with Gasteiger partial charge < -0.3 is 4.90 Å². The molecule has 0 radical (unpaired) electrons. The number of rotatable bonds is 3. The molecule has 1 aromatic carbocycles. The zero-order valence-electron chi connectivity index (χ0n) is 15.9. The maximum atomic E-state index is 4.85. The summed E-state index contributed by atoms with van der Waals surface area (Å²) in [5.41, 5.74) is 5.30. The number of piperazine rings is 1. The summed E-state index contributed by atoms with van der Waals surface area (Å²) in [6, 6.07) is 8.28. The number of fused-ring (bicyclic) bond motifs is 2. The molecule has 2 aromatic heterocycles. The van der Waals surface area contributed by atoms with Crippen molar-refractivity contribution < 1.29 is 0 Å². The topological polar surface area (TPSA) is 50.1 Å². The molecule has 0 saturated carbocycles. The zero-order valence-corrected chi connectivity index (χ0v) is 15.9. The normalized spacial score (nSPS) is 18.0. The molecule has 3 heterocycles. The van der Waals surface area contributed by atoms with E-state index in [-0.39, 0.29) is 0 Å². The molecule has 0 N–H and O–H groups in total. The summed E-state index contributed by atoms with van der Waals surface area (Å²) < 4.78 is 2.12. The Morgan fingerprint density at radius 1 is 0.963 bits per heavy atom. The lowest BCUT2D eigenvalue weighted by atomic mass is 9.95. The van der Waals surface area contributed by atoms with Gasteiger partial charge in [-0.2, -0.15) is 5.10 Å². The highest BCUT2D eigenvalue weighted by Crippen LogP contribution is 2.26. The summed E-state index contributed by atoms with van der Waals surface area (Å²) >= 11 is 0. The smallest absolute Gasteiger partial charge is 0.139 e. The van der Waals surface area contributed by atoms with Crippen molar-refractivity contribution in [2.45, 2.75) is 32.2 Å². The van der Waals surface area contributed by atoms with Gasteiger partial charge in [0, 0.05) is 50.9 Å². The van der Waals surface area contributed by atoms with Crippen LogP contribution in [0.4, 0.5) is 5.82 Å². The minimum Gasteiger partial charge on any atom is -0.353 e. The molecule has 0 bridgehead atoms. The predicted molar refractivity (Wildman–Crippen MR) is 107 cm³/mol. The van der Waals surface area contributed by atoms with Gasteiger partial charge in [0.05, 0.1) is 11.2 Å². The van der Waals surface area contributed by atoms with Gasteiger partial charge in [-0.15, -0.1) is 0 Å². The first kappa shape index (κ1) is 16.7. The van der Waals surface area contributed by atoms with Crippen LogP contribution in [0.2, 0.25) is 0 Å². The van der Waals surface area contributed by atoms with Crippen LogP contribution in [0.3, 0.4) is 0 Å². The Labute approximate surface area is 159 Å². The fourth-order valence-corrected chi connectivity index (χ4v) is 4.56. The van der Waals surface area contributed by atoms with Crippen molar-refractivity contribution in [2.75, 3.05) is 31.1 Å². The Bertz CT molecular complexity index is 949. The molecular formula is C21H26N6. The van der Waals surface area contributed by atoms with E-state index in [9.17, 15) is 0 Å². The number of anilines is 1. The van der Waals surface area contributed by atoms with Gasteiger partial charge in [0.15, 0.2) is 0 Å². The molecule has 0 spiro atoms. The van der Waals surface area contributed by atoms with Crippen molar-refractivity contribution in [1.82, 2.24) is 24.6 Å². The monoisotopic (exact) mass is 362 g/mol. The van der Waals surface area contributed by atoms with Crippen LogP contribution in [0, 0.1) is 0 Å². The van der Waals surface area contributed by atoms with Crippen LogP contribution in [0.5, 0.6) is 0 Å². The Balaban J connectivity index is 1.29. The van der Waals surface area contributed by atoms with E-state index >= 15 is 0 Å². The Hall–Kier alpha value is -2.47. The molecule has 0 atom stereocenters. The van der Waals surface area contributed by atoms with Crippen LogP contribution in [-0.4, -0.2) is 50.8 Å². The molecule has 1 fully saturated rings. The number of hydrogen-bond acceptors (Lipinski definition) is 5. The van der Waals surface area contributed by atoms with Crippen molar-refractivity contribution >= 4 is 16.7 Å². The standard InChI is InChI=1S/C21H26N6/c1-25-20-9-5-3-6-16(20)19(24-25)14-26-10-12-27(13-11-26)21-17-7-2-4-8-18(17)22-15-23-21/h2,4,7-8,15H,3,5-6,9-14H2,1H3. The van der Waals surface area contributed by atoms with Crippen LogP contribution in [0.25, 0.3) is 10.9 Å². The Morgan fingerprint density at radius 3 is 2.67 bits per heavy atom. The van der Waals surface area contributed by atoms with Crippen LogP contribution in [0.15, 0.2) is 30.6 Å². The molecule has 0 amide bonds. The predicted octanol–water partition coefficient (Wildman–Crippen LogP) is 2.56. The van der Waals surface area contributed by atoms with E-state index in [4.69, 9.17) is 5.10 Å². The lowest BCUT2D eigenvalue weighted by molar-refractivity contribution is 0.245. The highest BCUT2D eigenvalue weighted by atomic mass is 15.3. The van der Waals surface area contributed by atoms with Gasteiger partial charge in [0.2, 0.25) is 0 Å². The molecule has 6 heteroatoms. The average molecular weight is 362 g/mol. The van der Waals surface area contributed by atoms with Crippen molar-refractivity contribution in [3.8, 4) is 0 Å². The van der Waals surface area contributed by atoms with Crippen LogP contribution in [-0.2, 0) is 26.4 Å². The fourth-order valence-electron chi connectivity index (χ4n) is 4.56. The Kier molecular flexibility index (Phi) is 4.28. The number of para-hydroxylation sites is 1. The van der Waals surface area contributed by atoms with Crippen molar-refractivity contribution in [3.63, 3.8) is 0 Å². The molecule has 6 nitrogen and oxygen atoms in total. The third-order valence-electron chi connectivity index (χ3n) is 6.02. The van der Waals surface area contributed by atoms with Gasteiger partial charge in [-0.05, 0) is 43.4 Å². The Morgan fingerprint density at radius 2 is 1.78 bits per heavy atom. The van der Waals surface area contributed by atoms with E-state index in [1.165, 1.54) is 42.6 Å². The van der Waals surface area contributed by atoms with Crippen LogP contribution < -0.4 is 4.90 Å². The van der Waals surface area contributed by atoms with Gasteiger partial charge in [-0.25, -0.2) is 9.97 Å². The lowest BCUT2D eigenvalue weighted by Gasteiger charge is -2.35. The summed E-state index contributed by atoms with van der Waals surface area (Å²) in [6.45, 7) is 5.06. The van der Waals surface area contributed by atoms with E-state index < -0.39 is 0 Å². The third-order valence-corrected chi connectivity index (χ3v) is 6.02. The number of hydrogen-bond donors (Lipinski definition) is 0. The summed E-state index contributed by atoms with van der Waals surface area (Å²) in [6.07, 6.45) is 6.68. The second-order valence-electron chi connectivity index (χ2n) is 7.68. The first-order valence-electron chi connectivity index (χ1n) is 10.0. The quantitative estimate of drug-likeness (QED) is 0.717. The summed E-state index contributed by atoms with van der Waals surface area (Å²) in [5, 5.41) is 5.99. The van der Waals surface area contributed by atoms with Crippen molar-refractivity contribution in [1.29, 1.82) is 0 Å². The second kappa shape index (κ2) is 6.93. The van der Waals surface area contributed by atoms with E-state index in [0.29, 0.717) is 0 Å². The van der Waals surface area contributed by atoms with Crippen molar-refractivity contribution in [3.05, 3.63) is 47.5 Å². The maximum Gasteiger partial charge on any atom is 0.139 e. The van der Waals surface area contributed by atoms with E-state index in [1.54, 1.807) is 6.33 Å². The molecule has 2 aliphatic rings. The van der Waals surface area contributed by atoms with Crippen LogP contribution in [0.1, 0.15) is 29.8 Å². The molecule has 27 heavy (non-hydrogen) atoms. The highest BCUT2D eigenvalue weighted by Gasteiger charge is 2.24. The molecule has 1 aliphatic carbocycles. The first-order valence-corrected chi connectivity index (χ1v) is 10.0. The number of aryl methyl sites for hydroxylation is 1. The average Bonchev–Trinajstić information content (AvgIpc) is 3.04. The summed E-state index contributed by atoms with van der Waals surface area (Å²) in [4.78, 5) is 13.9. The van der Waals surface area contributed by atoms with Gasteiger partial charge in [-0.1, -0.05) is 12.1 Å². The molecule has 140 valence electrons. The van der Waals surface area contributed by atoms with Crippen LogP contribution >= 0.6 is 0 Å². The van der Waals surface area contributed by atoms with Gasteiger partial charge in [0.25, 0.3) is 0 Å². The molecule has 3 aromatic rings. The number of nitrogens with zero attached hydrogens (tertiary/aromatic N) is 6. The van der Waals surface area contributed by atoms with Crippen molar-refractivity contribution in [2.24, 2.45) is 7.05 Å². The minimum atomic E-state index is 0.974. The van der Waals surface area contributed by atoms with E-state index in [0.717, 1.165) is 49.4 Å². The molecular weight excluding hydrogens is 336 g/mol. The molecule has 1 aliphatic heterocycles. The second-order valence-corrected chi connectivity index (χ2v) is 7.68. The van der Waals surface area contributed by atoms with Gasteiger partial charge >= 0.3 is 0 Å². The van der Waals surface area contributed by atoms with E-state index in [1.807, 2.05) is 6.07 Å². The zero-order chi connectivity index (χ0) is 18.2. The SMILES string of the molecule is Cn1nc(CN2CCN(c3ncnc4ccccc34)CC2)c2c1CCCC2. The molecule has 0 unspecified atom stereocenters. The number of aromatic nitrogens is 4. The third kappa shape index (κ3) is 3.08. The largest absolute Gasteiger partial charge is 0.353 e. The van der Waals surface area contributed by atoms with E-state index in [2.05, 4.69) is 49.7 Å². The highest BCUT2D eigenvalue weighted by molar-refractivity contribution is 5.89. The minimum absolute atomic E-state index is 0.974. The maximum absolute atomic E-state index is 4.85. The molecule has 5 rings (SSSR count). The van der Waals surface area contributed by atoms with Gasteiger partial charge in [-0.3, -0.25) is 9.58 Å². The summed E-state index contributed by atoms with van der Waals surface area (Å²) in [5.74, 6) is 1.07. The van der Waals surface area contributed by atoms with Gasteiger partial charge in [0.1, 0.15) is 12.1 Å². The number of benzene rings is 1. The lowest BCUT2D eigenvalue weighted by Crippen LogP contribution is -2.46. The first-order chi connectivity index (χ1) is 13.3. The summed E-state index contributed by atoms with van der Waals surface area (Å²) in [7, 11) is 2.10.